The van der Waals surface area contributed by atoms with Crippen molar-refractivity contribution in [3.05, 3.63) is 23.5 Å². The van der Waals surface area contributed by atoms with Gasteiger partial charge in [-0.3, -0.25) is 5.41 Å². The molecular weight excluding hydrogens is 221 g/mol. The number of nitrogen functional groups attached to an aromatic ring is 1. The second-order valence-corrected chi connectivity index (χ2v) is 3.97. The van der Waals surface area contributed by atoms with E-state index >= 15 is 0 Å². The molecule has 1 aliphatic carbocycles. The minimum absolute atomic E-state index is 0.0579. The van der Waals surface area contributed by atoms with Crippen molar-refractivity contribution in [3.63, 3.8) is 0 Å². The van der Waals surface area contributed by atoms with Crippen LogP contribution in [0.3, 0.4) is 0 Å². The van der Waals surface area contributed by atoms with Gasteiger partial charge in [0.15, 0.2) is 0 Å². The van der Waals surface area contributed by atoms with Crippen LogP contribution in [0.5, 0.6) is 0 Å². The van der Waals surface area contributed by atoms with E-state index in [4.69, 9.17) is 11.1 Å². The molecule has 0 heterocycles. The van der Waals surface area contributed by atoms with Crippen LogP contribution < -0.4 is 10.7 Å². The van der Waals surface area contributed by atoms with E-state index in [1.165, 1.54) is 24.2 Å². The Labute approximate surface area is 98.6 Å². The number of halogens is 1. The van der Waals surface area contributed by atoms with Gasteiger partial charge in [-0.25, -0.2) is 9.40 Å². The average molecular weight is 235 g/mol. The smallest absolute Gasteiger partial charge is 0.146 e. The summed E-state index contributed by atoms with van der Waals surface area (Å²) in [4.78, 5) is 0. The quantitative estimate of drug-likeness (QED) is 0.277. The van der Waals surface area contributed by atoms with Crippen molar-refractivity contribution in [2.24, 2.45) is 10.3 Å². The fraction of sp³-hybridized carbons (Fsp3) is 0.364. The molecule has 1 aromatic rings. The van der Waals surface area contributed by atoms with Crippen LogP contribution in [0.15, 0.2) is 22.5 Å². The molecule has 2 rings (SSSR count). The zero-order valence-electron chi connectivity index (χ0n) is 9.52. The van der Waals surface area contributed by atoms with Crippen molar-refractivity contribution >= 4 is 17.7 Å². The molecule has 90 valence electrons. The van der Waals surface area contributed by atoms with Gasteiger partial charge in [0.2, 0.25) is 0 Å². The molecule has 1 aliphatic rings. The predicted molar refractivity (Wildman–Crippen MR) is 64.8 cm³/mol. The highest BCUT2D eigenvalue weighted by molar-refractivity contribution is 5.80. The molecule has 0 bridgehead atoms. The summed E-state index contributed by atoms with van der Waals surface area (Å²) in [6, 6.07) is 2.94. The minimum atomic E-state index is -0.422. The largest absolute Gasteiger partial charge is 0.396 e. The lowest BCUT2D eigenvalue weighted by Crippen LogP contribution is -2.14. The molecule has 1 fully saturated rings. The van der Waals surface area contributed by atoms with Crippen LogP contribution in [0, 0.1) is 11.2 Å². The van der Waals surface area contributed by atoms with Gasteiger partial charge in [-0.2, -0.15) is 5.11 Å². The lowest BCUT2D eigenvalue weighted by atomic mass is 10.1. The van der Waals surface area contributed by atoms with Crippen LogP contribution >= 0.6 is 0 Å². The first-order valence-electron chi connectivity index (χ1n) is 5.36. The number of nitrogens with zero attached hydrogens (tertiary/aromatic N) is 3. The molecular formula is C11H14FN5. The third-order valence-corrected chi connectivity index (χ3v) is 2.72. The number of nitrogens with one attached hydrogen (secondary N) is 1. The van der Waals surface area contributed by atoms with Gasteiger partial charge < -0.3 is 5.73 Å². The normalized spacial score (nSPS) is 15.2. The van der Waals surface area contributed by atoms with Gasteiger partial charge in [0, 0.05) is 0 Å². The summed E-state index contributed by atoms with van der Waals surface area (Å²) in [7, 11) is 1.51. The summed E-state index contributed by atoms with van der Waals surface area (Å²) in [6.45, 7) is 0. The molecule has 0 unspecified atom stereocenters. The Morgan fingerprint density at radius 1 is 1.53 bits per heavy atom. The molecule has 0 aliphatic heterocycles. The van der Waals surface area contributed by atoms with Crippen molar-refractivity contribution in [1.29, 1.82) is 5.41 Å². The van der Waals surface area contributed by atoms with Crippen LogP contribution in [0.25, 0.3) is 0 Å². The summed E-state index contributed by atoms with van der Waals surface area (Å²) in [5.74, 6) is -0.0800. The Bertz CT molecular complexity index is 467. The van der Waals surface area contributed by atoms with Crippen LogP contribution in [0.4, 0.5) is 15.8 Å². The van der Waals surface area contributed by atoms with Gasteiger partial charge in [-0.1, -0.05) is 5.22 Å². The van der Waals surface area contributed by atoms with Crippen LogP contribution in [-0.4, -0.2) is 13.4 Å². The Morgan fingerprint density at radius 3 is 2.76 bits per heavy atom. The standard InChI is InChI=1S/C11H14FN5/c1-15-16-17(6-13)11-5-10(14)9(12)4-8(11)7-2-3-7/h4-7,13H,2-3,14H2,1H3. The van der Waals surface area contributed by atoms with E-state index in [1.54, 1.807) is 0 Å². The molecule has 0 spiro atoms. The summed E-state index contributed by atoms with van der Waals surface area (Å²) in [5, 5.41) is 16.0. The fourth-order valence-corrected chi connectivity index (χ4v) is 1.75. The SMILES string of the molecule is CN=NN(C=N)c1cc(N)c(F)cc1C1CC1. The number of nitrogens with two attached hydrogens (primary N) is 1. The lowest BCUT2D eigenvalue weighted by Gasteiger charge is -2.16. The van der Waals surface area contributed by atoms with E-state index in [-0.39, 0.29) is 5.69 Å². The van der Waals surface area contributed by atoms with E-state index in [9.17, 15) is 4.39 Å². The zero-order chi connectivity index (χ0) is 12.4. The van der Waals surface area contributed by atoms with Crippen molar-refractivity contribution in [2.45, 2.75) is 18.8 Å². The monoisotopic (exact) mass is 235 g/mol. The number of anilines is 2. The predicted octanol–water partition coefficient (Wildman–Crippen LogP) is 2.70. The Balaban J connectivity index is 2.49. The maximum atomic E-state index is 13.4. The summed E-state index contributed by atoms with van der Waals surface area (Å²) in [6.07, 6.45) is 3.10. The molecule has 0 aromatic heterocycles. The minimum Gasteiger partial charge on any atom is -0.396 e. The molecule has 6 heteroatoms. The van der Waals surface area contributed by atoms with Gasteiger partial charge in [-0.15, -0.1) is 0 Å². The fourth-order valence-electron chi connectivity index (χ4n) is 1.75. The molecule has 0 atom stereocenters. The van der Waals surface area contributed by atoms with Crippen molar-refractivity contribution < 1.29 is 4.39 Å². The number of hydrogen-bond acceptors (Lipinski definition) is 4. The first kappa shape index (κ1) is 11.5. The van der Waals surface area contributed by atoms with E-state index in [0.29, 0.717) is 11.6 Å². The van der Waals surface area contributed by atoms with Crippen molar-refractivity contribution in [2.75, 3.05) is 17.8 Å². The number of hydrogen-bond donors (Lipinski definition) is 2. The van der Waals surface area contributed by atoms with E-state index in [2.05, 4.69) is 10.3 Å². The van der Waals surface area contributed by atoms with Gasteiger partial charge in [0.25, 0.3) is 0 Å². The molecule has 3 N–H and O–H groups in total. The summed E-state index contributed by atoms with van der Waals surface area (Å²) >= 11 is 0. The topological polar surface area (TPSA) is 77.8 Å². The molecule has 1 saturated carbocycles. The Morgan fingerprint density at radius 2 is 2.24 bits per heavy atom. The Kier molecular flexibility index (Phi) is 3.03. The second kappa shape index (κ2) is 4.48. The maximum absolute atomic E-state index is 13.4. The highest BCUT2D eigenvalue weighted by Crippen LogP contribution is 2.45. The van der Waals surface area contributed by atoms with Gasteiger partial charge in [0.05, 0.1) is 18.4 Å². The van der Waals surface area contributed by atoms with E-state index < -0.39 is 5.82 Å². The maximum Gasteiger partial charge on any atom is 0.146 e. The first-order valence-corrected chi connectivity index (χ1v) is 5.36. The van der Waals surface area contributed by atoms with Gasteiger partial charge in [0.1, 0.15) is 12.2 Å². The third kappa shape index (κ3) is 2.25. The molecule has 0 amide bonds. The van der Waals surface area contributed by atoms with Gasteiger partial charge in [-0.05, 0) is 36.5 Å². The highest BCUT2D eigenvalue weighted by Gasteiger charge is 2.28. The second-order valence-electron chi connectivity index (χ2n) is 3.97. The third-order valence-electron chi connectivity index (χ3n) is 2.72. The zero-order valence-corrected chi connectivity index (χ0v) is 9.52. The highest BCUT2D eigenvalue weighted by atomic mass is 19.1. The molecule has 17 heavy (non-hydrogen) atoms. The van der Waals surface area contributed by atoms with Gasteiger partial charge >= 0.3 is 0 Å². The lowest BCUT2D eigenvalue weighted by molar-refractivity contribution is 0.630. The van der Waals surface area contributed by atoms with Crippen LogP contribution in [-0.2, 0) is 0 Å². The molecule has 0 saturated heterocycles. The van der Waals surface area contributed by atoms with Crippen LogP contribution in [0.2, 0.25) is 0 Å². The molecule has 5 nitrogen and oxygen atoms in total. The van der Waals surface area contributed by atoms with Crippen LogP contribution in [0.1, 0.15) is 24.3 Å². The first-order chi connectivity index (χ1) is 8.17. The summed E-state index contributed by atoms with van der Waals surface area (Å²) in [5.41, 5.74) is 7.08. The number of benzene rings is 1. The number of rotatable bonds is 4. The van der Waals surface area contributed by atoms with Crippen molar-refractivity contribution in [1.82, 2.24) is 0 Å². The van der Waals surface area contributed by atoms with Crippen molar-refractivity contribution in [3.8, 4) is 0 Å². The average Bonchev–Trinajstić information content (AvgIpc) is 3.13. The summed E-state index contributed by atoms with van der Waals surface area (Å²) < 4.78 is 13.4. The molecule has 0 radical (unpaired) electrons. The van der Waals surface area contributed by atoms with E-state index in [0.717, 1.165) is 24.7 Å². The Hall–Kier alpha value is -1.98. The molecule has 1 aromatic carbocycles. The van der Waals surface area contributed by atoms with E-state index in [1.807, 2.05) is 0 Å².